The number of carbonyl (C=O) groups excluding carboxylic acids is 1. The third kappa shape index (κ3) is 1.75. The van der Waals surface area contributed by atoms with E-state index in [-0.39, 0.29) is 11.2 Å². The van der Waals surface area contributed by atoms with E-state index in [1.165, 1.54) is 0 Å². The lowest BCUT2D eigenvalue weighted by atomic mass is 9.86. The summed E-state index contributed by atoms with van der Waals surface area (Å²) in [5.41, 5.74) is 1.83. The van der Waals surface area contributed by atoms with Gasteiger partial charge in [0.2, 0.25) is 0 Å². The van der Waals surface area contributed by atoms with Crippen molar-refractivity contribution in [3.8, 4) is 0 Å². The molecule has 0 unspecified atom stereocenters. The van der Waals surface area contributed by atoms with Gasteiger partial charge in [0.25, 0.3) is 0 Å². The number of hydrogen-bond donors (Lipinski definition) is 1. The van der Waals surface area contributed by atoms with Gasteiger partial charge in [-0.15, -0.1) is 0 Å². The first kappa shape index (κ1) is 9.83. The van der Waals surface area contributed by atoms with E-state index >= 15 is 0 Å². The number of rotatable bonds is 1. The lowest BCUT2D eigenvalue weighted by Crippen LogP contribution is -2.19. The number of nitrogens with one attached hydrogen (secondary N) is 1. The zero-order valence-electron chi connectivity index (χ0n) is 9.03. The summed E-state index contributed by atoms with van der Waals surface area (Å²) in [5, 5.41) is 10.4. The first-order valence-electron chi connectivity index (χ1n) is 4.84. The highest BCUT2D eigenvalue weighted by Crippen LogP contribution is 2.22. The Labute approximate surface area is 87.7 Å². The molecular formula is C11H13N3O. The fourth-order valence-corrected chi connectivity index (χ4v) is 1.41. The predicted octanol–water partition coefficient (Wildman–Crippen LogP) is 2.19. The van der Waals surface area contributed by atoms with E-state index < -0.39 is 0 Å². The minimum absolute atomic E-state index is 0.118. The summed E-state index contributed by atoms with van der Waals surface area (Å²) < 4.78 is 0. The monoisotopic (exact) mass is 203 g/mol. The molecule has 1 heterocycles. The fraction of sp³-hybridized carbons (Fsp3) is 0.364. The van der Waals surface area contributed by atoms with Gasteiger partial charge in [0.15, 0.2) is 5.78 Å². The van der Waals surface area contributed by atoms with Crippen LogP contribution in [0.25, 0.3) is 11.0 Å². The van der Waals surface area contributed by atoms with Crippen molar-refractivity contribution in [2.45, 2.75) is 20.8 Å². The van der Waals surface area contributed by atoms with E-state index in [0.29, 0.717) is 5.56 Å². The van der Waals surface area contributed by atoms with Crippen molar-refractivity contribution in [1.29, 1.82) is 0 Å². The third-order valence-electron chi connectivity index (χ3n) is 2.26. The Balaban J connectivity index is 2.49. The molecule has 0 aliphatic carbocycles. The molecular weight excluding hydrogens is 190 g/mol. The second kappa shape index (κ2) is 3.15. The largest absolute Gasteiger partial charge is 0.294 e. The lowest BCUT2D eigenvalue weighted by Gasteiger charge is -2.16. The number of aromatic amines is 1. The Kier molecular flexibility index (Phi) is 2.07. The Bertz CT molecular complexity index is 508. The molecule has 0 spiro atoms. The molecule has 0 saturated carbocycles. The molecule has 0 atom stereocenters. The average Bonchev–Trinajstić information content (AvgIpc) is 2.61. The summed E-state index contributed by atoms with van der Waals surface area (Å²) in [6.07, 6.45) is 0. The van der Waals surface area contributed by atoms with Crippen molar-refractivity contribution in [1.82, 2.24) is 15.4 Å². The van der Waals surface area contributed by atoms with Crippen molar-refractivity contribution in [2.75, 3.05) is 0 Å². The van der Waals surface area contributed by atoms with Gasteiger partial charge in [0.05, 0.1) is 0 Å². The van der Waals surface area contributed by atoms with Crippen LogP contribution in [0.5, 0.6) is 0 Å². The molecule has 0 fully saturated rings. The second-order valence-corrected chi connectivity index (χ2v) is 4.61. The van der Waals surface area contributed by atoms with E-state index in [1.54, 1.807) is 18.2 Å². The molecule has 2 rings (SSSR count). The fourth-order valence-electron chi connectivity index (χ4n) is 1.41. The highest BCUT2D eigenvalue weighted by atomic mass is 16.1. The maximum Gasteiger partial charge on any atom is 0.168 e. The molecule has 1 N–H and O–H groups in total. The summed E-state index contributed by atoms with van der Waals surface area (Å²) in [7, 11) is 0. The van der Waals surface area contributed by atoms with Gasteiger partial charge in [-0.25, -0.2) is 0 Å². The van der Waals surface area contributed by atoms with E-state index in [2.05, 4.69) is 15.4 Å². The van der Waals surface area contributed by atoms with Crippen LogP contribution in [0, 0.1) is 5.41 Å². The molecule has 4 nitrogen and oxygen atoms in total. The van der Waals surface area contributed by atoms with Crippen LogP contribution in [0.1, 0.15) is 31.1 Å². The number of ketones is 1. The van der Waals surface area contributed by atoms with Crippen molar-refractivity contribution in [2.24, 2.45) is 5.41 Å². The van der Waals surface area contributed by atoms with Gasteiger partial charge in [-0.1, -0.05) is 20.8 Å². The SMILES string of the molecule is CC(C)(C)C(=O)c1ccc2n[nH]nc2c1. The van der Waals surface area contributed by atoms with Gasteiger partial charge in [0.1, 0.15) is 11.0 Å². The van der Waals surface area contributed by atoms with Crippen molar-refractivity contribution >= 4 is 16.8 Å². The minimum Gasteiger partial charge on any atom is -0.294 e. The standard InChI is InChI=1S/C11H13N3O/c1-11(2,3)10(15)7-4-5-8-9(6-7)13-14-12-8/h4-6H,1-3H3,(H,12,13,14). The number of aromatic nitrogens is 3. The molecule has 4 heteroatoms. The van der Waals surface area contributed by atoms with E-state index in [9.17, 15) is 4.79 Å². The molecule has 0 saturated heterocycles. The van der Waals surface area contributed by atoms with E-state index in [0.717, 1.165) is 11.0 Å². The van der Waals surface area contributed by atoms with Crippen LogP contribution in [0.4, 0.5) is 0 Å². The van der Waals surface area contributed by atoms with E-state index in [1.807, 2.05) is 20.8 Å². The number of carbonyl (C=O) groups is 1. The normalized spacial score (nSPS) is 11.9. The first-order valence-corrected chi connectivity index (χ1v) is 4.84. The third-order valence-corrected chi connectivity index (χ3v) is 2.26. The van der Waals surface area contributed by atoms with Gasteiger partial charge in [0, 0.05) is 11.0 Å². The van der Waals surface area contributed by atoms with Crippen LogP contribution in [0.3, 0.4) is 0 Å². The molecule has 78 valence electrons. The molecule has 0 aliphatic rings. The quantitative estimate of drug-likeness (QED) is 0.723. The molecule has 0 bridgehead atoms. The molecule has 2 aromatic rings. The Morgan fingerprint density at radius 2 is 1.87 bits per heavy atom. The molecule has 0 amide bonds. The number of hydrogen-bond acceptors (Lipinski definition) is 3. The van der Waals surface area contributed by atoms with Crippen LogP contribution >= 0.6 is 0 Å². The van der Waals surface area contributed by atoms with Gasteiger partial charge in [-0.3, -0.25) is 4.79 Å². The highest BCUT2D eigenvalue weighted by molar-refractivity contribution is 6.01. The summed E-state index contributed by atoms with van der Waals surface area (Å²) in [4.78, 5) is 12.0. The van der Waals surface area contributed by atoms with Gasteiger partial charge in [-0.05, 0) is 18.2 Å². The zero-order valence-corrected chi connectivity index (χ0v) is 9.03. The van der Waals surface area contributed by atoms with Crippen LogP contribution in [0.15, 0.2) is 18.2 Å². The zero-order chi connectivity index (χ0) is 11.1. The summed E-state index contributed by atoms with van der Waals surface area (Å²) in [6.45, 7) is 5.72. The van der Waals surface area contributed by atoms with Crippen molar-refractivity contribution in [3.63, 3.8) is 0 Å². The Hall–Kier alpha value is -1.71. The maximum absolute atomic E-state index is 12.0. The van der Waals surface area contributed by atoms with Gasteiger partial charge >= 0.3 is 0 Å². The first-order chi connectivity index (χ1) is 6.98. The highest BCUT2D eigenvalue weighted by Gasteiger charge is 2.23. The summed E-state index contributed by atoms with van der Waals surface area (Å²) in [5.74, 6) is 0.118. The minimum atomic E-state index is -0.364. The summed E-state index contributed by atoms with van der Waals surface area (Å²) >= 11 is 0. The van der Waals surface area contributed by atoms with Crippen molar-refractivity contribution < 1.29 is 4.79 Å². The Morgan fingerprint density at radius 3 is 2.53 bits per heavy atom. The second-order valence-electron chi connectivity index (χ2n) is 4.61. The topological polar surface area (TPSA) is 58.6 Å². The van der Waals surface area contributed by atoms with Crippen LogP contribution in [-0.2, 0) is 0 Å². The van der Waals surface area contributed by atoms with Crippen LogP contribution in [-0.4, -0.2) is 21.2 Å². The maximum atomic E-state index is 12.0. The Morgan fingerprint density at radius 1 is 1.20 bits per heavy atom. The number of nitrogens with zero attached hydrogens (tertiary/aromatic N) is 2. The lowest BCUT2D eigenvalue weighted by molar-refractivity contribution is 0.0858. The molecule has 1 aromatic carbocycles. The number of fused-ring (bicyclic) bond motifs is 1. The van der Waals surface area contributed by atoms with Gasteiger partial charge in [-0.2, -0.15) is 15.4 Å². The van der Waals surface area contributed by atoms with Gasteiger partial charge < -0.3 is 0 Å². The predicted molar refractivity (Wildman–Crippen MR) is 57.7 cm³/mol. The average molecular weight is 203 g/mol. The molecule has 0 aliphatic heterocycles. The molecule has 0 radical (unpaired) electrons. The number of H-pyrrole nitrogens is 1. The number of benzene rings is 1. The van der Waals surface area contributed by atoms with Crippen LogP contribution in [0.2, 0.25) is 0 Å². The van der Waals surface area contributed by atoms with Crippen molar-refractivity contribution in [3.05, 3.63) is 23.8 Å². The van der Waals surface area contributed by atoms with Crippen LogP contribution < -0.4 is 0 Å². The summed E-state index contributed by atoms with van der Waals surface area (Å²) in [6, 6.07) is 5.36. The smallest absolute Gasteiger partial charge is 0.168 e. The van der Waals surface area contributed by atoms with E-state index in [4.69, 9.17) is 0 Å². The molecule has 15 heavy (non-hydrogen) atoms. The molecule has 1 aromatic heterocycles. The number of Topliss-reactive ketones (excluding diaryl/α,β-unsaturated/α-hetero) is 1.